The van der Waals surface area contributed by atoms with Gasteiger partial charge in [-0.05, 0) is 68.0 Å². The van der Waals surface area contributed by atoms with Crippen LogP contribution >= 0.6 is 0 Å². The van der Waals surface area contributed by atoms with Crippen molar-refractivity contribution >= 4 is 40.7 Å². The Labute approximate surface area is 351 Å². The summed E-state index contributed by atoms with van der Waals surface area (Å²) in [6, 6.07) is 10.3. The van der Waals surface area contributed by atoms with E-state index < -0.39 is 41.1 Å². The summed E-state index contributed by atoms with van der Waals surface area (Å²) < 4.78 is 53.6. The van der Waals surface area contributed by atoms with E-state index in [1.54, 1.807) is 17.9 Å². The highest BCUT2D eigenvalue weighted by molar-refractivity contribution is 6.19. The fourth-order valence-electron chi connectivity index (χ4n) is 9.17. The molecule has 0 unspecified atom stereocenters. The normalized spacial score (nSPS) is 22.5. The monoisotopic (exact) mass is 838 g/mol. The largest absolute Gasteiger partial charge is 0.477 e. The number of imide groups is 1. The third-order valence-electron chi connectivity index (χ3n) is 12.5. The smallest absolute Gasteiger partial charge is 0.283 e. The number of fused-ring (bicyclic) bond motifs is 7. The van der Waals surface area contributed by atoms with Crippen LogP contribution in [-0.4, -0.2) is 107 Å². The Morgan fingerprint density at radius 2 is 1.66 bits per heavy atom. The number of hydrogen-bond acceptors (Lipinski definition) is 11. The van der Waals surface area contributed by atoms with E-state index >= 15 is 13.2 Å². The van der Waals surface area contributed by atoms with E-state index in [0.29, 0.717) is 60.9 Å². The molecule has 320 valence electrons. The standard InChI is InChI=1S/C44H49F3N10O4/c1-25-5-4-14-61-43-32(19-48-53(43)3)36-18-31(40(47)26(2)49-36)42(60)52-44-50-35-8-6-27(15-37(35)57(44)20-25)21-54-10-12-55(13-11-54)22-28-23-56(24-28)29-16-33(45)39(34(46)17-29)30-7-9-38(58)51-41(30)59/h6,8,15-19,25,28,30H,4-5,7,9-14,20-24H2,1-3H3,(H,50,52,60)(H,51,58,59)/t25-,30-/m1/s1. The lowest BCUT2D eigenvalue weighted by molar-refractivity contribution is -0.134. The van der Waals surface area contributed by atoms with E-state index in [2.05, 4.69) is 54.6 Å². The van der Waals surface area contributed by atoms with Crippen molar-refractivity contribution in [3.8, 4) is 17.1 Å². The maximum absolute atomic E-state index is 15.5. The Bertz CT molecular complexity index is 2400. The Morgan fingerprint density at radius 3 is 2.41 bits per heavy atom. The number of amides is 3. The lowest BCUT2D eigenvalue weighted by Crippen LogP contribution is -2.54. The first-order chi connectivity index (χ1) is 29.4. The summed E-state index contributed by atoms with van der Waals surface area (Å²) in [6.07, 6.45) is 3.40. The number of ether oxygens (including phenoxy) is 1. The Kier molecular flexibility index (Phi) is 11.0. The molecule has 3 fully saturated rings. The van der Waals surface area contributed by atoms with Crippen LogP contribution in [0.4, 0.5) is 30.2 Å². The molecule has 0 saturated carbocycles. The number of aliphatic imine (C=N–C) groups is 1. The molecule has 4 aromatic rings. The van der Waals surface area contributed by atoms with Crippen molar-refractivity contribution in [3.63, 3.8) is 0 Å². The highest BCUT2D eigenvalue weighted by Gasteiger charge is 2.36. The topological polar surface area (TPSA) is 141 Å². The molecule has 7 heterocycles. The van der Waals surface area contributed by atoms with Crippen LogP contribution in [0.1, 0.15) is 65.7 Å². The highest BCUT2D eigenvalue weighted by atomic mass is 19.1. The van der Waals surface area contributed by atoms with Crippen LogP contribution in [0.2, 0.25) is 0 Å². The number of rotatable bonds is 6. The van der Waals surface area contributed by atoms with Gasteiger partial charge in [0.1, 0.15) is 11.6 Å². The number of carbonyl (C=O) groups is 3. The second-order valence-corrected chi connectivity index (χ2v) is 17.0. The number of halogens is 3. The lowest BCUT2D eigenvalue weighted by Gasteiger charge is -2.45. The average Bonchev–Trinajstić information content (AvgIpc) is 3.74. The van der Waals surface area contributed by atoms with Gasteiger partial charge in [0.05, 0.1) is 52.6 Å². The average molecular weight is 839 g/mol. The number of piperazine rings is 1. The van der Waals surface area contributed by atoms with Gasteiger partial charge in [0, 0.05) is 89.5 Å². The molecule has 0 aliphatic carbocycles. The van der Waals surface area contributed by atoms with Crippen LogP contribution in [0.3, 0.4) is 0 Å². The van der Waals surface area contributed by atoms with Crippen LogP contribution < -0.4 is 25.2 Å². The first-order valence-corrected chi connectivity index (χ1v) is 21.0. The fourth-order valence-corrected chi connectivity index (χ4v) is 9.17. The number of piperidine rings is 1. The molecule has 3 amide bonds. The molecule has 9 rings (SSSR count). The Hall–Kier alpha value is -5.81. The molecule has 2 N–H and O–H groups in total. The summed E-state index contributed by atoms with van der Waals surface area (Å²) in [4.78, 5) is 55.3. The molecule has 0 spiro atoms. The van der Waals surface area contributed by atoms with E-state index in [-0.39, 0.29) is 35.6 Å². The van der Waals surface area contributed by atoms with E-state index in [9.17, 15) is 14.4 Å². The summed E-state index contributed by atoms with van der Waals surface area (Å²) in [6.45, 7) is 11.3. The number of guanidine groups is 1. The third kappa shape index (κ3) is 8.20. The summed E-state index contributed by atoms with van der Waals surface area (Å²) in [5.74, 6) is -3.62. The lowest BCUT2D eigenvalue weighted by atomic mass is 9.89. The zero-order valence-electron chi connectivity index (χ0n) is 34.5. The first kappa shape index (κ1) is 40.6. The maximum Gasteiger partial charge on any atom is 0.283 e. The molecule has 14 nitrogen and oxygen atoms in total. The van der Waals surface area contributed by atoms with Gasteiger partial charge in [0.25, 0.3) is 5.91 Å². The molecule has 61 heavy (non-hydrogen) atoms. The van der Waals surface area contributed by atoms with Gasteiger partial charge in [-0.15, -0.1) is 0 Å². The summed E-state index contributed by atoms with van der Waals surface area (Å²) in [5, 5.41) is 9.85. The molecular formula is C44H49F3N10O4. The van der Waals surface area contributed by atoms with Crippen LogP contribution in [-0.2, 0) is 23.2 Å². The molecule has 2 atom stereocenters. The van der Waals surface area contributed by atoms with Gasteiger partial charge in [-0.3, -0.25) is 24.6 Å². The quantitative estimate of drug-likeness (QED) is 0.247. The first-order valence-electron chi connectivity index (χ1n) is 21.0. The van der Waals surface area contributed by atoms with Gasteiger partial charge in [-0.1, -0.05) is 13.0 Å². The number of anilines is 3. The van der Waals surface area contributed by atoms with Crippen molar-refractivity contribution in [2.45, 2.75) is 52.0 Å². The summed E-state index contributed by atoms with van der Waals surface area (Å²) in [5.41, 5.74) is 3.92. The van der Waals surface area contributed by atoms with E-state index in [1.807, 2.05) is 15.9 Å². The number of hydrogen-bond donors (Lipinski definition) is 2. The second kappa shape index (κ2) is 16.6. The second-order valence-electron chi connectivity index (χ2n) is 17.0. The van der Waals surface area contributed by atoms with Crippen molar-refractivity contribution in [1.82, 2.24) is 29.9 Å². The molecule has 0 radical (unpaired) electrons. The Balaban J connectivity index is 0.827. The van der Waals surface area contributed by atoms with Crippen LogP contribution in [0.5, 0.6) is 5.88 Å². The molecule has 2 aromatic carbocycles. The van der Waals surface area contributed by atoms with Crippen LogP contribution in [0.25, 0.3) is 11.3 Å². The SMILES string of the molecule is Cc1nc2cc(c1F)C(=O)/N=C1\Nc3ccc(CN4CCN(CC5CN(c6cc(F)c([C@H]7CCC(=O)NC7=O)c(F)c6)C5)CC4)cc3N1C[C@H](C)CCCOc1c-2cnn1C. The van der Waals surface area contributed by atoms with E-state index in [1.165, 1.54) is 25.1 Å². The van der Waals surface area contributed by atoms with Crippen molar-refractivity contribution in [1.29, 1.82) is 0 Å². The minimum atomic E-state index is -1.01. The van der Waals surface area contributed by atoms with Crippen LogP contribution in [0, 0.1) is 36.2 Å². The van der Waals surface area contributed by atoms with Gasteiger partial charge in [0.15, 0.2) is 5.82 Å². The summed E-state index contributed by atoms with van der Waals surface area (Å²) >= 11 is 0. The summed E-state index contributed by atoms with van der Waals surface area (Å²) in [7, 11) is 1.77. The Morgan fingerprint density at radius 1 is 0.902 bits per heavy atom. The predicted molar refractivity (Wildman–Crippen MR) is 223 cm³/mol. The zero-order valence-corrected chi connectivity index (χ0v) is 34.5. The van der Waals surface area contributed by atoms with Gasteiger partial charge in [0.2, 0.25) is 23.7 Å². The number of nitrogens with one attached hydrogen (secondary N) is 2. The van der Waals surface area contributed by atoms with Gasteiger partial charge < -0.3 is 24.8 Å². The third-order valence-corrected chi connectivity index (χ3v) is 12.5. The number of carbonyl (C=O) groups excluding carboxylic acids is 3. The number of nitrogens with zero attached hydrogens (tertiary/aromatic N) is 8. The molecule has 5 aliphatic heterocycles. The predicted octanol–water partition coefficient (Wildman–Crippen LogP) is 5.22. The van der Waals surface area contributed by atoms with Gasteiger partial charge in [-0.2, -0.15) is 10.1 Å². The van der Waals surface area contributed by atoms with Crippen molar-refractivity contribution in [3.05, 3.63) is 82.4 Å². The molecule has 17 heteroatoms. The number of aromatic nitrogens is 3. The fraction of sp³-hybridized carbons (Fsp3) is 0.455. The highest BCUT2D eigenvalue weighted by Crippen LogP contribution is 2.37. The molecule has 2 bridgehead atoms. The van der Waals surface area contributed by atoms with E-state index in [0.717, 1.165) is 69.0 Å². The maximum atomic E-state index is 15.5. The molecule has 3 saturated heterocycles. The molecular weight excluding hydrogens is 790 g/mol. The van der Waals surface area contributed by atoms with Crippen molar-refractivity contribution < 1.29 is 32.3 Å². The molecule has 2 aromatic heterocycles. The minimum Gasteiger partial charge on any atom is -0.477 e. The zero-order chi connectivity index (χ0) is 42.5. The number of aryl methyl sites for hydroxylation is 2. The van der Waals surface area contributed by atoms with Gasteiger partial charge in [-0.25, -0.2) is 22.8 Å². The molecule has 5 aliphatic rings. The van der Waals surface area contributed by atoms with Gasteiger partial charge >= 0.3 is 0 Å². The van der Waals surface area contributed by atoms with Crippen molar-refractivity contribution in [2.24, 2.45) is 23.9 Å². The van der Waals surface area contributed by atoms with E-state index in [4.69, 9.17) is 4.74 Å². The van der Waals surface area contributed by atoms with Crippen LogP contribution in [0.15, 0.2) is 47.6 Å². The number of pyridine rings is 1. The minimum absolute atomic E-state index is 0.0517. The van der Waals surface area contributed by atoms with Crippen molar-refractivity contribution in [2.75, 3.05) is 74.1 Å². The number of benzene rings is 2.